The van der Waals surface area contributed by atoms with E-state index in [0.717, 1.165) is 5.69 Å². The fourth-order valence-corrected chi connectivity index (χ4v) is 0.903. The predicted molar refractivity (Wildman–Crippen MR) is 44.0 cm³/mol. The number of hydrogen-bond donors (Lipinski definition) is 1. The fraction of sp³-hybridized carbons (Fsp3) is 0.500. The van der Waals surface area contributed by atoms with Gasteiger partial charge in [0.1, 0.15) is 6.33 Å². The first-order chi connectivity index (χ1) is 5.72. The quantitative estimate of drug-likeness (QED) is 0.710. The Morgan fingerprint density at radius 1 is 1.58 bits per heavy atom. The van der Waals surface area contributed by atoms with Gasteiger partial charge in [-0.3, -0.25) is 0 Å². The summed E-state index contributed by atoms with van der Waals surface area (Å²) in [5.41, 5.74) is 0.789. The largest absolute Gasteiger partial charge is 0.481 e. The Labute approximate surface area is 71.2 Å². The molecule has 1 aromatic heterocycles. The van der Waals surface area contributed by atoms with E-state index in [0.29, 0.717) is 12.3 Å². The SMILES string of the molecule is COc1cc(CC(C)O)ncn1. The Morgan fingerprint density at radius 2 is 2.33 bits per heavy atom. The van der Waals surface area contributed by atoms with Crippen LogP contribution in [0.15, 0.2) is 12.4 Å². The minimum absolute atomic E-state index is 0.385. The van der Waals surface area contributed by atoms with Gasteiger partial charge in [0.15, 0.2) is 0 Å². The van der Waals surface area contributed by atoms with Gasteiger partial charge in [0, 0.05) is 12.5 Å². The van der Waals surface area contributed by atoms with E-state index >= 15 is 0 Å². The van der Waals surface area contributed by atoms with Crippen molar-refractivity contribution in [2.45, 2.75) is 19.4 Å². The van der Waals surface area contributed by atoms with Gasteiger partial charge in [-0.25, -0.2) is 9.97 Å². The molecular weight excluding hydrogens is 156 g/mol. The zero-order valence-electron chi connectivity index (χ0n) is 7.19. The molecule has 1 heterocycles. The predicted octanol–water partition coefficient (Wildman–Crippen LogP) is 0.408. The summed E-state index contributed by atoms with van der Waals surface area (Å²) in [4.78, 5) is 7.83. The lowest BCUT2D eigenvalue weighted by Gasteiger charge is -2.03. The van der Waals surface area contributed by atoms with Gasteiger partial charge in [0.25, 0.3) is 0 Å². The van der Waals surface area contributed by atoms with Crippen LogP contribution in [0.2, 0.25) is 0 Å². The van der Waals surface area contributed by atoms with E-state index in [-0.39, 0.29) is 6.10 Å². The highest BCUT2D eigenvalue weighted by atomic mass is 16.5. The normalized spacial score (nSPS) is 12.6. The van der Waals surface area contributed by atoms with Crippen molar-refractivity contribution in [1.82, 2.24) is 9.97 Å². The van der Waals surface area contributed by atoms with Crippen LogP contribution in [0.3, 0.4) is 0 Å². The smallest absolute Gasteiger partial charge is 0.216 e. The van der Waals surface area contributed by atoms with Crippen molar-refractivity contribution in [2.75, 3.05) is 7.11 Å². The third-order valence-corrected chi connectivity index (χ3v) is 1.41. The Bertz CT molecular complexity index is 251. The summed E-state index contributed by atoms with van der Waals surface area (Å²) in [6.45, 7) is 1.72. The molecule has 0 radical (unpaired) electrons. The second-order valence-electron chi connectivity index (χ2n) is 2.60. The number of ether oxygens (including phenoxy) is 1. The van der Waals surface area contributed by atoms with Crippen molar-refractivity contribution in [2.24, 2.45) is 0 Å². The van der Waals surface area contributed by atoms with Gasteiger partial charge >= 0.3 is 0 Å². The van der Waals surface area contributed by atoms with E-state index in [4.69, 9.17) is 9.84 Å². The molecular formula is C8H12N2O2. The standard InChI is InChI=1S/C8H12N2O2/c1-6(11)3-7-4-8(12-2)10-5-9-7/h4-6,11H,3H2,1-2H3. The van der Waals surface area contributed by atoms with Crippen LogP contribution in [0.4, 0.5) is 0 Å². The Balaban J connectivity index is 2.72. The number of aromatic nitrogens is 2. The van der Waals surface area contributed by atoms with E-state index in [1.807, 2.05) is 0 Å². The van der Waals surface area contributed by atoms with Crippen LogP contribution >= 0.6 is 0 Å². The van der Waals surface area contributed by atoms with Gasteiger partial charge in [-0.15, -0.1) is 0 Å². The van der Waals surface area contributed by atoms with Crippen molar-refractivity contribution >= 4 is 0 Å². The van der Waals surface area contributed by atoms with E-state index < -0.39 is 0 Å². The topological polar surface area (TPSA) is 55.2 Å². The highest BCUT2D eigenvalue weighted by molar-refractivity contribution is 5.13. The van der Waals surface area contributed by atoms with Crippen molar-refractivity contribution in [3.63, 3.8) is 0 Å². The Kier molecular flexibility index (Phi) is 2.99. The molecule has 4 nitrogen and oxygen atoms in total. The lowest BCUT2D eigenvalue weighted by molar-refractivity contribution is 0.194. The minimum atomic E-state index is -0.385. The molecule has 1 N–H and O–H groups in total. The highest BCUT2D eigenvalue weighted by Gasteiger charge is 2.01. The Morgan fingerprint density at radius 3 is 2.92 bits per heavy atom. The van der Waals surface area contributed by atoms with Crippen LogP contribution in [0.1, 0.15) is 12.6 Å². The van der Waals surface area contributed by atoms with E-state index in [9.17, 15) is 0 Å². The molecule has 0 aromatic carbocycles. The van der Waals surface area contributed by atoms with Gasteiger partial charge in [0.2, 0.25) is 5.88 Å². The molecule has 0 saturated heterocycles. The first kappa shape index (κ1) is 8.93. The molecule has 1 aromatic rings. The highest BCUT2D eigenvalue weighted by Crippen LogP contribution is 2.07. The molecule has 0 bridgehead atoms. The number of rotatable bonds is 3. The first-order valence-electron chi connectivity index (χ1n) is 3.75. The summed E-state index contributed by atoms with van der Waals surface area (Å²) in [6, 6.07) is 1.72. The van der Waals surface area contributed by atoms with Crippen molar-refractivity contribution < 1.29 is 9.84 Å². The molecule has 0 aliphatic carbocycles. The first-order valence-corrected chi connectivity index (χ1v) is 3.75. The van der Waals surface area contributed by atoms with Crippen LogP contribution in [0.5, 0.6) is 5.88 Å². The molecule has 66 valence electrons. The summed E-state index contributed by atoms with van der Waals surface area (Å²) >= 11 is 0. The van der Waals surface area contributed by atoms with E-state index in [1.165, 1.54) is 6.33 Å². The molecule has 0 aliphatic heterocycles. The summed E-state index contributed by atoms with van der Waals surface area (Å²) in [5, 5.41) is 9.07. The molecule has 4 heteroatoms. The minimum Gasteiger partial charge on any atom is -0.481 e. The van der Waals surface area contributed by atoms with Crippen LogP contribution in [0.25, 0.3) is 0 Å². The van der Waals surface area contributed by atoms with Gasteiger partial charge in [-0.05, 0) is 6.92 Å². The molecule has 0 fully saturated rings. The third kappa shape index (κ3) is 2.47. The zero-order valence-corrected chi connectivity index (χ0v) is 7.19. The van der Waals surface area contributed by atoms with Crippen molar-refractivity contribution in [3.8, 4) is 5.88 Å². The van der Waals surface area contributed by atoms with Crippen LogP contribution in [-0.4, -0.2) is 28.3 Å². The third-order valence-electron chi connectivity index (χ3n) is 1.41. The maximum atomic E-state index is 9.07. The molecule has 1 unspecified atom stereocenters. The monoisotopic (exact) mass is 168 g/mol. The molecule has 0 spiro atoms. The van der Waals surface area contributed by atoms with Crippen LogP contribution in [0, 0.1) is 0 Å². The number of aliphatic hydroxyl groups is 1. The van der Waals surface area contributed by atoms with Crippen molar-refractivity contribution in [3.05, 3.63) is 18.1 Å². The maximum Gasteiger partial charge on any atom is 0.216 e. The molecule has 0 amide bonds. The second-order valence-corrected chi connectivity index (χ2v) is 2.60. The van der Waals surface area contributed by atoms with Crippen molar-refractivity contribution in [1.29, 1.82) is 0 Å². The van der Waals surface area contributed by atoms with Gasteiger partial charge in [-0.2, -0.15) is 0 Å². The zero-order chi connectivity index (χ0) is 8.97. The van der Waals surface area contributed by atoms with Gasteiger partial charge < -0.3 is 9.84 Å². The average Bonchev–Trinajstić information content (AvgIpc) is 2.03. The van der Waals surface area contributed by atoms with Gasteiger partial charge in [0.05, 0.1) is 18.9 Å². The van der Waals surface area contributed by atoms with Crippen LogP contribution < -0.4 is 4.74 Å². The summed E-state index contributed by atoms with van der Waals surface area (Å²) < 4.78 is 4.90. The summed E-state index contributed by atoms with van der Waals surface area (Å²) in [7, 11) is 1.55. The number of hydrogen-bond acceptors (Lipinski definition) is 4. The summed E-state index contributed by atoms with van der Waals surface area (Å²) in [6.07, 6.45) is 1.57. The lowest BCUT2D eigenvalue weighted by Crippen LogP contribution is -2.06. The average molecular weight is 168 g/mol. The van der Waals surface area contributed by atoms with Crippen LogP contribution in [-0.2, 0) is 6.42 Å². The lowest BCUT2D eigenvalue weighted by atomic mass is 10.2. The van der Waals surface area contributed by atoms with E-state index in [2.05, 4.69) is 9.97 Å². The molecule has 1 atom stereocenters. The summed E-state index contributed by atoms with van der Waals surface area (Å²) in [5.74, 6) is 0.528. The molecule has 0 aliphatic rings. The number of aliphatic hydroxyl groups excluding tert-OH is 1. The Hall–Kier alpha value is -1.16. The molecule has 12 heavy (non-hydrogen) atoms. The maximum absolute atomic E-state index is 9.07. The second kappa shape index (κ2) is 4.01. The van der Waals surface area contributed by atoms with Gasteiger partial charge in [-0.1, -0.05) is 0 Å². The van der Waals surface area contributed by atoms with E-state index in [1.54, 1.807) is 20.1 Å². The fourth-order valence-electron chi connectivity index (χ4n) is 0.903. The number of methoxy groups -OCH3 is 1. The molecule has 1 rings (SSSR count). The number of nitrogens with zero attached hydrogens (tertiary/aromatic N) is 2. The molecule has 0 saturated carbocycles.